The quantitative estimate of drug-likeness (QED) is 0.905. The SMILES string of the molecule is Cc1cccc(NC(=O)c2ccncc2Cl)c1Br. The second-order valence-corrected chi connectivity index (χ2v) is 4.95. The van der Waals surface area contributed by atoms with Crippen LogP contribution in [0.2, 0.25) is 5.02 Å². The van der Waals surface area contributed by atoms with Crippen molar-refractivity contribution in [2.45, 2.75) is 6.92 Å². The average molecular weight is 326 g/mol. The molecule has 0 saturated carbocycles. The zero-order chi connectivity index (χ0) is 13.1. The van der Waals surface area contributed by atoms with E-state index >= 15 is 0 Å². The molecule has 1 aromatic heterocycles. The number of aryl methyl sites for hydroxylation is 1. The lowest BCUT2D eigenvalue weighted by molar-refractivity contribution is 0.102. The molecular weight excluding hydrogens is 316 g/mol. The van der Waals surface area contributed by atoms with Crippen LogP contribution in [0.1, 0.15) is 15.9 Å². The fourth-order valence-electron chi connectivity index (χ4n) is 1.49. The smallest absolute Gasteiger partial charge is 0.257 e. The highest BCUT2D eigenvalue weighted by atomic mass is 79.9. The summed E-state index contributed by atoms with van der Waals surface area (Å²) in [5.74, 6) is -0.256. The predicted molar refractivity (Wildman–Crippen MR) is 76.1 cm³/mol. The summed E-state index contributed by atoms with van der Waals surface area (Å²) < 4.78 is 0.864. The van der Waals surface area contributed by atoms with E-state index in [1.54, 1.807) is 6.07 Å². The van der Waals surface area contributed by atoms with Gasteiger partial charge in [-0.3, -0.25) is 9.78 Å². The van der Waals surface area contributed by atoms with Crippen molar-refractivity contribution >= 4 is 39.1 Å². The van der Waals surface area contributed by atoms with Gasteiger partial charge in [0.05, 0.1) is 16.3 Å². The highest BCUT2D eigenvalue weighted by Gasteiger charge is 2.12. The monoisotopic (exact) mass is 324 g/mol. The van der Waals surface area contributed by atoms with Crippen LogP contribution < -0.4 is 5.32 Å². The molecule has 1 heterocycles. The topological polar surface area (TPSA) is 42.0 Å². The molecule has 0 saturated heterocycles. The van der Waals surface area contributed by atoms with E-state index in [9.17, 15) is 4.79 Å². The number of carbonyl (C=O) groups is 1. The summed E-state index contributed by atoms with van der Waals surface area (Å²) in [4.78, 5) is 15.9. The van der Waals surface area contributed by atoms with E-state index < -0.39 is 0 Å². The molecule has 0 unspecified atom stereocenters. The number of aromatic nitrogens is 1. The van der Waals surface area contributed by atoms with Gasteiger partial charge in [-0.15, -0.1) is 0 Å². The first-order valence-corrected chi connectivity index (χ1v) is 6.42. The molecule has 2 rings (SSSR count). The fraction of sp³-hybridized carbons (Fsp3) is 0.0769. The Morgan fingerprint density at radius 3 is 2.89 bits per heavy atom. The molecule has 0 fully saturated rings. The second-order valence-electron chi connectivity index (χ2n) is 3.75. The molecule has 92 valence electrons. The zero-order valence-corrected chi connectivity index (χ0v) is 11.9. The van der Waals surface area contributed by atoms with Crippen molar-refractivity contribution < 1.29 is 4.79 Å². The maximum absolute atomic E-state index is 12.1. The lowest BCUT2D eigenvalue weighted by Crippen LogP contribution is -2.13. The predicted octanol–water partition coefficient (Wildman–Crippen LogP) is 4.06. The number of rotatable bonds is 2. The highest BCUT2D eigenvalue weighted by molar-refractivity contribution is 9.10. The lowest BCUT2D eigenvalue weighted by Gasteiger charge is -2.09. The Morgan fingerprint density at radius 1 is 1.39 bits per heavy atom. The normalized spacial score (nSPS) is 10.2. The van der Waals surface area contributed by atoms with E-state index in [0.717, 1.165) is 10.0 Å². The Kier molecular flexibility index (Phi) is 3.99. The molecular formula is C13H10BrClN2O. The highest BCUT2D eigenvalue weighted by Crippen LogP contribution is 2.26. The van der Waals surface area contributed by atoms with Gasteiger partial charge in [0.25, 0.3) is 5.91 Å². The van der Waals surface area contributed by atoms with Crippen LogP contribution in [0, 0.1) is 6.92 Å². The molecule has 0 radical (unpaired) electrons. The molecule has 1 N–H and O–H groups in total. The Hall–Kier alpha value is -1.39. The second kappa shape index (κ2) is 5.50. The Morgan fingerprint density at radius 2 is 2.17 bits per heavy atom. The minimum Gasteiger partial charge on any atom is -0.321 e. The van der Waals surface area contributed by atoms with E-state index in [2.05, 4.69) is 26.2 Å². The molecule has 1 aromatic carbocycles. The van der Waals surface area contributed by atoms with Crippen LogP contribution in [-0.4, -0.2) is 10.9 Å². The number of anilines is 1. The summed E-state index contributed by atoms with van der Waals surface area (Å²) in [5, 5.41) is 3.14. The molecule has 0 aliphatic rings. The molecule has 0 spiro atoms. The van der Waals surface area contributed by atoms with Crippen LogP contribution in [0.5, 0.6) is 0 Å². The summed E-state index contributed by atoms with van der Waals surface area (Å²) in [6.45, 7) is 1.96. The van der Waals surface area contributed by atoms with E-state index in [1.807, 2.05) is 25.1 Å². The van der Waals surface area contributed by atoms with Gasteiger partial charge in [-0.2, -0.15) is 0 Å². The third-order valence-corrected chi connectivity index (χ3v) is 3.81. The van der Waals surface area contributed by atoms with Crippen molar-refractivity contribution in [2.75, 3.05) is 5.32 Å². The summed E-state index contributed by atoms with van der Waals surface area (Å²) in [7, 11) is 0. The number of nitrogens with zero attached hydrogens (tertiary/aromatic N) is 1. The van der Waals surface area contributed by atoms with E-state index in [4.69, 9.17) is 11.6 Å². The van der Waals surface area contributed by atoms with Gasteiger partial charge < -0.3 is 5.32 Å². The first kappa shape index (κ1) is 13.1. The number of benzene rings is 1. The molecule has 0 aliphatic carbocycles. The molecule has 18 heavy (non-hydrogen) atoms. The van der Waals surface area contributed by atoms with Gasteiger partial charge in [0, 0.05) is 16.9 Å². The zero-order valence-electron chi connectivity index (χ0n) is 9.58. The van der Waals surface area contributed by atoms with Crippen molar-refractivity contribution in [3.05, 3.63) is 57.3 Å². The standard InChI is InChI=1S/C13H10BrClN2O/c1-8-3-2-4-11(12(8)14)17-13(18)9-5-6-16-7-10(9)15/h2-7H,1H3,(H,17,18). The van der Waals surface area contributed by atoms with Gasteiger partial charge in [0.15, 0.2) is 0 Å². The van der Waals surface area contributed by atoms with Crippen LogP contribution in [-0.2, 0) is 0 Å². The number of nitrogens with one attached hydrogen (secondary N) is 1. The molecule has 0 bridgehead atoms. The minimum absolute atomic E-state index is 0.256. The van der Waals surface area contributed by atoms with E-state index in [0.29, 0.717) is 16.3 Å². The number of carbonyl (C=O) groups excluding carboxylic acids is 1. The lowest BCUT2D eigenvalue weighted by atomic mass is 10.2. The van der Waals surface area contributed by atoms with Crippen LogP contribution in [0.25, 0.3) is 0 Å². The third kappa shape index (κ3) is 2.71. The van der Waals surface area contributed by atoms with Gasteiger partial charge in [-0.1, -0.05) is 23.7 Å². The minimum atomic E-state index is -0.256. The van der Waals surface area contributed by atoms with Crippen LogP contribution in [0.15, 0.2) is 41.1 Å². The third-order valence-electron chi connectivity index (χ3n) is 2.46. The van der Waals surface area contributed by atoms with Gasteiger partial charge in [-0.05, 0) is 40.5 Å². The number of hydrogen-bond acceptors (Lipinski definition) is 2. The number of pyridine rings is 1. The van der Waals surface area contributed by atoms with Gasteiger partial charge in [-0.25, -0.2) is 0 Å². The van der Waals surface area contributed by atoms with Crippen LogP contribution in [0.4, 0.5) is 5.69 Å². The van der Waals surface area contributed by atoms with Crippen molar-refractivity contribution in [3.63, 3.8) is 0 Å². The molecule has 5 heteroatoms. The maximum Gasteiger partial charge on any atom is 0.257 e. The number of halogens is 2. The van der Waals surface area contributed by atoms with Crippen molar-refractivity contribution in [2.24, 2.45) is 0 Å². The van der Waals surface area contributed by atoms with Crippen molar-refractivity contribution in [1.82, 2.24) is 4.98 Å². The average Bonchev–Trinajstić information content (AvgIpc) is 2.35. The largest absolute Gasteiger partial charge is 0.321 e. The molecule has 1 amide bonds. The van der Waals surface area contributed by atoms with Crippen molar-refractivity contribution in [1.29, 1.82) is 0 Å². The van der Waals surface area contributed by atoms with Gasteiger partial charge in [0.2, 0.25) is 0 Å². The Labute approximate surface area is 118 Å². The Bertz CT molecular complexity index is 601. The van der Waals surface area contributed by atoms with Gasteiger partial charge in [0.1, 0.15) is 0 Å². The van der Waals surface area contributed by atoms with E-state index in [1.165, 1.54) is 12.4 Å². The van der Waals surface area contributed by atoms with Crippen LogP contribution >= 0.6 is 27.5 Å². The van der Waals surface area contributed by atoms with Gasteiger partial charge >= 0.3 is 0 Å². The number of hydrogen-bond donors (Lipinski definition) is 1. The first-order valence-electron chi connectivity index (χ1n) is 5.25. The number of amides is 1. The Balaban J connectivity index is 2.27. The summed E-state index contributed by atoms with van der Waals surface area (Å²) >= 11 is 9.36. The summed E-state index contributed by atoms with van der Waals surface area (Å²) in [6.07, 6.45) is 2.98. The fourth-order valence-corrected chi connectivity index (χ4v) is 2.06. The maximum atomic E-state index is 12.1. The molecule has 2 aromatic rings. The van der Waals surface area contributed by atoms with E-state index in [-0.39, 0.29) is 5.91 Å². The molecule has 3 nitrogen and oxygen atoms in total. The molecule has 0 aliphatic heterocycles. The van der Waals surface area contributed by atoms with Crippen LogP contribution in [0.3, 0.4) is 0 Å². The van der Waals surface area contributed by atoms with Crippen molar-refractivity contribution in [3.8, 4) is 0 Å². The summed E-state index contributed by atoms with van der Waals surface area (Å²) in [5.41, 5.74) is 2.17. The first-order chi connectivity index (χ1) is 8.59. The summed E-state index contributed by atoms with van der Waals surface area (Å²) in [6, 6.07) is 7.24. The molecule has 0 atom stereocenters.